The van der Waals surface area contributed by atoms with Gasteiger partial charge in [-0.25, -0.2) is 4.99 Å². The summed E-state index contributed by atoms with van der Waals surface area (Å²) in [5.74, 6) is 0.781. The average Bonchev–Trinajstić information content (AvgIpc) is 2.74. The van der Waals surface area contributed by atoms with E-state index in [4.69, 9.17) is 5.73 Å². The molecule has 5 N–H and O–H groups in total. The van der Waals surface area contributed by atoms with E-state index in [0.29, 0.717) is 12.1 Å². The lowest BCUT2D eigenvalue weighted by Gasteiger charge is -2.30. The van der Waals surface area contributed by atoms with E-state index in [1.807, 2.05) is 19.1 Å². The minimum Gasteiger partial charge on any atom is -0.368 e. The summed E-state index contributed by atoms with van der Waals surface area (Å²) < 4.78 is 0. The maximum absolute atomic E-state index is 11.9. The van der Waals surface area contributed by atoms with Crippen LogP contribution in [0.1, 0.15) is 49.0 Å². The Morgan fingerprint density at radius 3 is 2.42 bits per heavy atom. The molecule has 9 heteroatoms. The lowest BCUT2D eigenvalue weighted by molar-refractivity contribution is -0.117. The van der Waals surface area contributed by atoms with Crippen LogP contribution < -0.4 is 21.7 Å². The van der Waals surface area contributed by atoms with Gasteiger partial charge in [-0.05, 0) is 69.4 Å². The quantitative estimate of drug-likeness (QED) is 0.155. The van der Waals surface area contributed by atoms with Gasteiger partial charge >= 0.3 is 0 Å². The van der Waals surface area contributed by atoms with Gasteiger partial charge in [0.2, 0.25) is 5.91 Å². The maximum atomic E-state index is 11.9. The van der Waals surface area contributed by atoms with Gasteiger partial charge in [0.05, 0.1) is 13.1 Å². The number of amides is 2. The zero-order valence-corrected chi connectivity index (χ0v) is 21.0. The first-order valence-corrected chi connectivity index (χ1v) is 10.9. The van der Waals surface area contributed by atoms with E-state index in [-0.39, 0.29) is 36.4 Å². The van der Waals surface area contributed by atoms with Crippen LogP contribution in [0.4, 0.5) is 0 Å². The van der Waals surface area contributed by atoms with Crippen molar-refractivity contribution in [2.75, 3.05) is 39.3 Å². The number of guanidine groups is 1. The molecule has 1 aromatic carbocycles. The standard InChI is InChI=1S/C22H36N6O2.HI/c1-3-24-22(25-11-4-12-28-13-9-17(2)10-14-28)27-15-18-5-7-19(8-6-18)21(30)26-16-20(23)29;/h5-8,17H,3-4,9-16H2,1-2H3,(H2,23,29)(H,26,30)(H2,24,25,27);1H. The minimum absolute atomic E-state index is 0. The number of halogens is 1. The molecule has 1 aliphatic heterocycles. The maximum Gasteiger partial charge on any atom is 0.251 e. The van der Waals surface area contributed by atoms with Crippen molar-refractivity contribution in [2.24, 2.45) is 16.6 Å². The van der Waals surface area contributed by atoms with Crippen LogP contribution in [0.2, 0.25) is 0 Å². The fraction of sp³-hybridized carbons (Fsp3) is 0.591. The van der Waals surface area contributed by atoms with Gasteiger partial charge in [0, 0.05) is 18.7 Å². The summed E-state index contributed by atoms with van der Waals surface area (Å²) in [6, 6.07) is 7.18. The van der Waals surface area contributed by atoms with Crippen molar-refractivity contribution in [2.45, 2.75) is 39.7 Å². The number of benzene rings is 1. The molecule has 2 rings (SSSR count). The van der Waals surface area contributed by atoms with Crippen molar-refractivity contribution in [1.29, 1.82) is 0 Å². The second kappa shape index (κ2) is 15.0. The summed E-state index contributed by atoms with van der Waals surface area (Å²) in [6.07, 6.45) is 3.71. The van der Waals surface area contributed by atoms with Crippen LogP contribution in [0.5, 0.6) is 0 Å². The van der Waals surface area contributed by atoms with E-state index in [9.17, 15) is 9.59 Å². The number of likely N-dealkylation sites (tertiary alicyclic amines) is 1. The SMILES string of the molecule is CCNC(=NCc1ccc(C(=O)NCC(N)=O)cc1)NCCCN1CCC(C)CC1.I. The molecule has 0 atom stereocenters. The zero-order chi connectivity index (χ0) is 21.8. The largest absolute Gasteiger partial charge is 0.368 e. The summed E-state index contributed by atoms with van der Waals surface area (Å²) in [6.45, 7) is 9.97. The summed E-state index contributed by atoms with van der Waals surface area (Å²) in [4.78, 5) is 29.9. The van der Waals surface area contributed by atoms with E-state index in [0.717, 1.165) is 43.5 Å². The first-order chi connectivity index (χ1) is 14.5. The van der Waals surface area contributed by atoms with Gasteiger partial charge in [0.25, 0.3) is 5.91 Å². The van der Waals surface area contributed by atoms with Crippen molar-refractivity contribution >= 4 is 41.8 Å². The molecular weight excluding hydrogens is 507 g/mol. The average molecular weight is 544 g/mol. The zero-order valence-electron chi connectivity index (χ0n) is 18.7. The smallest absolute Gasteiger partial charge is 0.251 e. The molecule has 174 valence electrons. The highest BCUT2D eigenvalue weighted by molar-refractivity contribution is 14.0. The van der Waals surface area contributed by atoms with Gasteiger partial charge in [-0.1, -0.05) is 19.1 Å². The number of nitrogens with zero attached hydrogens (tertiary/aromatic N) is 2. The molecule has 0 bridgehead atoms. The molecule has 1 aromatic rings. The molecular formula is C22H37IN6O2. The number of carbonyl (C=O) groups excluding carboxylic acids is 2. The van der Waals surface area contributed by atoms with Gasteiger partial charge in [-0.2, -0.15) is 0 Å². The number of carbonyl (C=O) groups is 2. The number of hydrogen-bond donors (Lipinski definition) is 4. The van der Waals surface area contributed by atoms with Crippen LogP contribution in [0.25, 0.3) is 0 Å². The molecule has 8 nitrogen and oxygen atoms in total. The molecule has 0 aromatic heterocycles. The van der Waals surface area contributed by atoms with Crippen molar-refractivity contribution in [3.63, 3.8) is 0 Å². The van der Waals surface area contributed by atoms with Crippen LogP contribution in [-0.4, -0.2) is 61.9 Å². The predicted octanol–water partition coefficient (Wildman–Crippen LogP) is 1.70. The molecule has 31 heavy (non-hydrogen) atoms. The molecule has 1 heterocycles. The minimum atomic E-state index is -0.566. The third-order valence-electron chi connectivity index (χ3n) is 5.22. The number of primary amides is 1. The second-order valence-corrected chi connectivity index (χ2v) is 7.85. The Labute approximate surface area is 202 Å². The van der Waals surface area contributed by atoms with Crippen molar-refractivity contribution < 1.29 is 9.59 Å². The Hall–Kier alpha value is -1.88. The van der Waals surface area contributed by atoms with Crippen LogP contribution in [0.15, 0.2) is 29.3 Å². The lowest BCUT2D eigenvalue weighted by atomic mass is 9.99. The lowest BCUT2D eigenvalue weighted by Crippen LogP contribution is -2.39. The summed E-state index contributed by atoms with van der Waals surface area (Å²) in [5.41, 5.74) is 6.53. The highest BCUT2D eigenvalue weighted by Gasteiger charge is 2.14. The topological polar surface area (TPSA) is 112 Å². The number of nitrogens with two attached hydrogens (primary N) is 1. The first kappa shape index (κ1) is 27.2. The van der Waals surface area contributed by atoms with Crippen LogP contribution >= 0.6 is 24.0 Å². The summed E-state index contributed by atoms with van der Waals surface area (Å²) in [5, 5.41) is 9.15. The normalized spacial score (nSPS) is 15.1. The number of aliphatic imine (C=N–C) groups is 1. The molecule has 2 amide bonds. The second-order valence-electron chi connectivity index (χ2n) is 7.85. The van der Waals surface area contributed by atoms with Gasteiger partial charge in [0.1, 0.15) is 0 Å². The van der Waals surface area contributed by atoms with E-state index in [1.165, 1.54) is 25.9 Å². The third-order valence-corrected chi connectivity index (χ3v) is 5.22. The van der Waals surface area contributed by atoms with Crippen molar-refractivity contribution in [3.05, 3.63) is 35.4 Å². The Kier molecular flexibility index (Phi) is 13.1. The number of hydrogen-bond acceptors (Lipinski definition) is 4. The number of rotatable bonds is 10. The molecule has 1 aliphatic rings. The fourth-order valence-corrected chi connectivity index (χ4v) is 3.34. The molecule has 0 spiro atoms. The van der Waals surface area contributed by atoms with E-state index in [1.54, 1.807) is 12.1 Å². The fourth-order valence-electron chi connectivity index (χ4n) is 3.34. The van der Waals surface area contributed by atoms with Crippen LogP contribution in [-0.2, 0) is 11.3 Å². The summed E-state index contributed by atoms with van der Waals surface area (Å²) in [7, 11) is 0. The molecule has 1 fully saturated rings. The Balaban J connectivity index is 0.00000480. The van der Waals surface area contributed by atoms with Crippen molar-refractivity contribution in [3.8, 4) is 0 Å². The molecule has 1 saturated heterocycles. The van der Waals surface area contributed by atoms with Crippen molar-refractivity contribution in [1.82, 2.24) is 20.9 Å². The highest BCUT2D eigenvalue weighted by atomic mass is 127. The third kappa shape index (κ3) is 10.8. The monoisotopic (exact) mass is 544 g/mol. The molecule has 0 unspecified atom stereocenters. The predicted molar refractivity (Wildman–Crippen MR) is 136 cm³/mol. The number of nitrogens with one attached hydrogen (secondary N) is 3. The molecule has 0 radical (unpaired) electrons. The Bertz CT molecular complexity index is 702. The van der Waals surface area contributed by atoms with Crippen LogP contribution in [0, 0.1) is 5.92 Å². The Morgan fingerprint density at radius 1 is 1.13 bits per heavy atom. The number of piperidine rings is 1. The van der Waals surface area contributed by atoms with Gasteiger partial charge < -0.3 is 26.6 Å². The van der Waals surface area contributed by atoms with Gasteiger partial charge in [-0.15, -0.1) is 24.0 Å². The van der Waals surface area contributed by atoms with Crippen LogP contribution in [0.3, 0.4) is 0 Å². The first-order valence-electron chi connectivity index (χ1n) is 10.9. The molecule has 0 aliphatic carbocycles. The molecule has 0 saturated carbocycles. The highest BCUT2D eigenvalue weighted by Crippen LogP contribution is 2.15. The van der Waals surface area contributed by atoms with E-state index >= 15 is 0 Å². The van der Waals surface area contributed by atoms with E-state index < -0.39 is 5.91 Å². The van der Waals surface area contributed by atoms with Gasteiger partial charge in [0.15, 0.2) is 5.96 Å². The summed E-state index contributed by atoms with van der Waals surface area (Å²) >= 11 is 0. The van der Waals surface area contributed by atoms with Gasteiger partial charge in [-0.3, -0.25) is 9.59 Å². The Morgan fingerprint density at radius 2 is 1.81 bits per heavy atom. The van der Waals surface area contributed by atoms with E-state index in [2.05, 4.69) is 32.8 Å².